The first-order valence-electron chi connectivity index (χ1n) is 6.95. The van der Waals surface area contributed by atoms with Gasteiger partial charge in [0.2, 0.25) is 0 Å². The summed E-state index contributed by atoms with van der Waals surface area (Å²) in [7, 11) is 0. The highest BCUT2D eigenvalue weighted by Crippen LogP contribution is 2.31. The molecular weight excluding hydrogens is 350 g/mol. The normalized spacial score (nSPS) is 13.8. The van der Waals surface area contributed by atoms with Crippen molar-refractivity contribution in [2.75, 3.05) is 0 Å². The molecule has 2 aromatic carbocycles. The lowest BCUT2D eigenvalue weighted by molar-refractivity contribution is 0.171. The predicted molar refractivity (Wildman–Crippen MR) is 92.0 cm³/mol. The summed E-state index contributed by atoms with van der Waals surface area (Å²) in [6.07, 6.45) is 0.551. The zero-order valence-corrected chi connectivity index (χ0v) is 14.5. The van der Waals surface area contributed by atoms with Crippen LogP contribution < -0.4 is 10.5 Å². The van der Waals surface area contributed by atoms with Gasteiger partial charge in [0.1, 0.15) is 11.9 Å². The molecule has 4 heteroatoms. The molecule has 2 unspecified atom stereocenters. The Bertz CT molecular complexity index is 617. The maximum Gasteiger partial charge on any atom is 0.140 e. The molecule has 0 aromatic heterocycles. The van der Waals surface area contributed by atoms with Crippen molar-refractivity contribution in [3.63, 3.8) is 0 Å². The standard InChI is InChI=1S/C17H19BrClNO/c1-3-16(20)17(13-6-4-5-7-15(13)19)21-12-8-9-14(18)11(2)10-12/h4-10,16-17H,3,20H2,1-2H3. The first-order valence-corrected chi connectivity index (χ1v) is 8.12. The number of ether oxygens (including phenoxy) is 1. The van der Waals surface area contributed by atoms with E-state index in [2.05, 4.69) is 15.9 Å². The second-order valence-corrected chi connectivity index (χ2v) is 6.30. The van der Waals surface area contributed by atoms with Crippen molar-refractivity contribution < 1.29 is 4.74 Å². The average Bonchev–Trinajstić information content (AvgIpc) is 2.48. The minimum Gasteiger partial charge on any atom is -0.484 e. The third kappa shape index (κ3) is 4.00. The fraction of sp³-hybridized carbons (Fsp3) is 0.294. The van der Waals surface area contributed by atoms with E-state index in [9.17, 15) is 0 Å². The van der Waals surface area contributed by atoms with Crippen LogP contribution in [0.4, 0.5) is 0 Å². The average molecular weight is 369 g/mol. The summed E-state index contributed by atoms with van der Waals surface area (Å²) < 4.78 is 7.20. The summed E-state index contributed by atoms with van der Waals surface area (Å²) in [5.74, 6) is 0.796. The topological polar surface area (TPSA) is 35.2 Å². The molecule has 21 heavy (non-hydrogen) atoms. The molecule has 0 bridgehead atoms. The molecule has 0 saturated carbocycles. The zero-order chi connectivity index (χ0) is 15.4. The molecule has 112 valence electrons. The summed E-state index contributed by atoms with van der Waals surface area (Å²) >= 11 is 9.79. The van der Waals surface area contributed by atoms with Crippen LogP contribution in [0.2, 0.25) is 5.02 Å². The zero-order valence-electron chi connectivity index (χ0n) is 12.1. The number of hydrogen-bond acceptors (Lipinski definition) is 2. The highest BCUT2D eigenvalue weighted by Gasteiger charge is 2.22. The van der Waals surface area contributed by atoms with Crippen LogP contribution in [0.5, 0.6) is 5.75 Å². The SMILES string of the molecule is CCC(N)C(Oc1ccc(Br)c(C)c1)c1ccccc1Cl. The first kappa shape index (κ1) is 16.3. The molecule has 2 atom stereocenters. The second-order valence-electron chi connectivity index (χ2n) is 5.04. The quantitative estimate of drug-likeness (QED) is 0.780. The van der Waals surface area contributed by atoms with Crippen molar-refractivity contribution in [1.29, 1.82) is 0 Å². The van der Waals surface area contributed by atoms with Crippen molar-refractivity contribution in [3.05, 3.63) is 63.1 Å². The van der Waals surface area contributed by atoms with Gasteiger partial charge < -0.3 is 10.5 Å². The van der Waals surface area contributed by atoms with Crippen molar-refractivity contribution >= 4 is 27.5 Å². The number of nitrogens with two attached hydrogens (primary N) is 1. The van der Waals surface area contributed by atoms with Gasteiger partial charge in [0, 0.05) is 21.1 Å². The molecule has 2 nitrogen and oxygen atoms in total. The molecule has 0 fully saturated rings. The molecule has 0 aliphatic rings. The molecule has 0 radical (unpaired) electrons. The van der Waals surface area contributed by atoms with Gasteiger partial charge in [0.05, 0.1) is 0 Å². The van der Waals surface area contributed by atoms with Gasteiger partial charge in [-0.3, -0.25) is 0 Å². The van der Waals surface area contributed by atoms with E-state index >= 15 is 0 Å². The van der Waals surface area contributed by atoms with Crippen molar-refractivity contribution in [2.24, 2.45) is 5.73 Å². The summed E-state index contributed by atoms with van der Waals surface area (Å²) in [5.41, 5.74) is 8.29. The van der Waals surface area contributed by atoms with Crippen LogP contribution in [0.3, 0.4) is 0 Å². The van der Waals surface area contributed by atoms with Gasteiger partial charge in [0.25, 0.3) is 0 Å². The number of halogens is 2. The van der Waals surface area contributed by atoms with Crippen molar-refractivity contribution in [1.82, 2.24) is 0 Å². The first-order chi connectivity index (χ1) is 10.0. The summed E-state index contributed by atoms with van der Waals surface area (Å²) in [4.78, 5) is 0. The Hall–Kier alpha value is -1.03. The van der Waals surface area contributed by atoms with E-state index in [1.165, 1.54) is 0 Å². The molecule has 0 aliphatic heterocycles. The van der Waals surface area contributed by atoms with Crippen LogP contribution in [0.1, 0.15) is 30.6 Å². The number of hydrogen-bond donors (Lipinski definition) is 1. The van der Waals surface area contributed by atoms with E-state index in [1.54, 1.807) is 0 Å². The Morgan fingerprint density at radius 2 is 1.95 bits per heavy atom. The molecule has 0 amide bonds. The Kier molecular flexibility index (Phi) is 5.68. The van der Waals surface area contributed by atoms with Crippen LogP contribution in [-0.4, -0.2) is 6.04 Å². The van der Waals surface area contributed by atoms with Crippen LogP contribution >= 0.6 is 27.5 Å². The Morgan fingerprint density at radius 3 is 2.57 bits per heavy atom. The van der Waals surface area contributed by atoms with Gasteiger partial charge >= 0.3 is 0 Å². The Morgan fingerprint density at radius 1 is 1.24 bits per heavy atom. The summed E-state index contributed by atoms with van der Waals surface area (Å²) in [5, 5.41) is 0.681. The fourth-order valence-corrected chi connectivity index (χ4v) is 2.63. The number of benzene rings is 2. The molecule has 2 N–H and O–H groups in total. The van der Waals surface area contributed by atoms with Crippen LogP contribution in [0.15, 0.2) is 46.9 Å². The second kappa shape index (κ2) is 7.30. The van der Waals surface area contributed by atoms with Gasteiger partial charge in [-0.2, -0.15) is 0 Å². The van der Waals surface area contributed by atoms with Gasteiger partial charge in [0.15, 0.2) is 0 Å². The molecule has 0 heterocycles. The number of rotatable bonds is 5. The Balaban J connectivity index is 2.33. The van der Waals surface area contributed by atoms with E-state index in [-0.39, 0.29) is 12.1 Å². The van der Waals surface area contributed by atoms with Gasteiger partial charge in [-0.25, -0.2) is 0 Å². The van der Waals surface area contributed by atoms with Crippen molar-refractivity contribution in [3.8, 4) is 5.75 Å². The molecular formula is C17H19BrClNO. The maximum atomic E-state index is 6.30. The highest BCUT2D eigenvalue weighted by molar-refractivity contribution is 9.10. The van der Waals surface area contributed by atoms with E-state index in [1.807, 2.05) is 56.3 Å². The summed E-state index contributed by atoms with van der Waals surface area (Å²) in [6.45, 7) is 4.08. The van der Waals surface area contributed by atoms with Crippen LogP contribution in [0.25, 0.3) is 0 Å². The van der Waals surface area contributed by atoms with E-state index in [0.717, 1.165) is 27.8 Å². The smallest absolute Gasteiger partial charge is 0.140 e. The molecule has 0 spiro atoms. The monoisotopic (exact) mass is 367 g/mol. The Labute approximate surface area is 139 Å². The van der Waals surface area contributed by atoms with E-state index in [0.29, 0.717) is 5.02 Å². The molecule has 2 rings (SSSR count). The van der Waals surface area contributed by atoms with Gasteiger partial charge in [-0.15, -0.1) is 0 Å². The maximum absolute atomic E-state index is 6.30. The van der Waals surface area contributed by atoms with Crippen molar-refractivity contribution in [2.45, 2.75) is 32.4 Å². The number of aryl methyl sites for hydroxylation is 1. The van der Waals surface area contributed by atoms with Crippen LogP contribution in [-0.2, 0) is 0 Å². The van der Waals surface area contributed by atoms with E-state index in [4.69, 9.17) is 22.1 Å². The largest absolute Gasteiger partial charge is 0.484 e. The fourth-order valence-electron chi connectivity index (χ4n) is 2.14. The highest BCUT2D eigenvalue weighted by atomic mass is 79.9. The third-order valence-corrected chi connectivity index (χ3v) is 4.70. The lowest BCUT2D eigenvalue weighted by Crippen LogP contribution is -2.31. The molecule has 0 aliphatic carbocycles. The van der Waals surface area contributed by atoms with Gasteiger partial charge in [-0.05, 0) is 43.2 Å². The molecule has 2 aromatic rings. The minimum absolute atomic E-state index is 0.117. The lowest BCUT2D eigenvalue weighted by Gasteiger charge is -2.25. The predicted octanol–water partition coefficient (Wildman–Crippen LogP) is 5.27. The molecule has 0 saturated heterocycles. The summed E-state index contributed by atoms with van der Waals surface area (Å²) in [6, 6.07) is 13.5. The third-order valence-electron chi connectivity index (χ3n) is 3.46. The minimum atomic E-state index is -0.260. The van der Waals surface area contributed by atoms with Crippen LogP contribution in [0, 0.1) is 6.92 Å². The lowest BCUT2D eigenvalue weighted by atomic mass is 10.0. The van der Waals surface area contributed by atoms with Gasteiger partial charge in [-0.1, -0.05) is 52.7 Å². The van der Waals surface area contributed by atoms with E-state index < -0.39 is 0 Å².